The summed E-state index contributed by atoms with van der Waals surface area (Å²) in [5, 5.41) is 7.27. The minimum absolute atomic E-state index is 0.00934. The monoisotopic (exact) mass is 1060 g/mol. The van der Waals surface area contributed by atoms with Gasteiger partial charge in [-0.25, -0.2) is 21.6 Å². The number of anilines is 2. The number of sulfone groups is 1. The smallest absolute Gasteiger partial charge is 0.380 e. The fraction of sp³-hybridized carbons (Fsp3) is 0.471. The van der Waals surface area contributed by atoms with E-state index in [1.54, 1.807) is 12.1 Å². The Morgan fingerprint density at radius 1 is 0.901 bits per heavy atom. The van der Waals surface area contributed by atoms with Crippen molar-refractivity contribution in [2.24, 2.45) is 10.5 Å². The molecule has 1 amide bonds. The van der Waals surface area contributed by atoms with Crippen LogP contribution in [0.15, 0.2) is 122 Å². The van der Waals surface area contributed by atoms with Crippen molar-refractivity contribution < 1.29 is 34.8 Å². The van der Waals surface area contributed by atoms with Gasteiger partial charge in [-0.05, 0) is 147 Å². The highest BCUT2D eigenvalue weighted by Crippen LogP contribution is 2.43. The van der Waals surface area contributed by atoms with Crippen LogP contribution in [0, 0.1) is 5.41 Å². The number of amides is 1. The van der Waals surface area contributed by atoms with Crippen LogP contribution in [0.4, 0.5) is 24.5 Å². The van der Waals surface area contributed by atoms with Crippen LogP contribution in [0.5, 0.6) is 0 Å². The molecule has 1 aliphatic carbocycles. The molecule has 6 rings (SSSR count). The standard InChI is InChI=1S/C51H64ClF3N8O5S3/c1-50(2)26-24-46(38-14-18-41(52)19-15-38)40(35-50)36-62-30-32-63(33-31-62)43-20-16-39(17-21-43)49(64)59-71(67,68)45-22-23-47(48(34-45)70(65,66)51(53,54)55)58-42(37-69-44-12-8-7-9-13-44)25-29-61(3)28-11-6-4-5-10-27-57-60-56/h7-9,12-23,34,42,58H,4-6,10-11,24-33,35-37H2,1-3H3,(H,59,64). The molecule has 1 fully saturated rings. The van der Waals surface area contributed by atoms with Gasteiger partial charge < -0.3 is 15.1 Å². The third-order valence-electron chi connectivity index (χ3n) is 13.0. The number of benzene rings is 4. The minimum Gasteiger partial charge on any atom is -0.380 e. The van der Waals surface area contributed by atoms with Gasteiger partial charge in [-0.1, -0.05) is 85.7 Å². The first kappa shape index (κ1) is 55.6. The molecule has 13 nitrogen and oxygen atoms in total. The van der Waals surface area contributed by atoms with Crippen molar-refractivity contribution in [3.05, 3.63) is 129 Å². The Morgan fingerprint density at radius 2 is 1.58 bits per heavy atom. The average Bonchev–Trinajstić information content (AvgIpc) is 3.33. The van der Waals surface area contributed by atoms with Crippen LogP contribution < -0.4 is 14.9 Å². The fourth-order valence-corrected chi connectivity index (χ4v) is 12.1. The maximum absolute atomic E-state index is 14.3. The van der Waals surface area contributed by atoms with E-state index in [2.05, 4.69) is 56.0 Å². The van der Waals surface area contributed by atoms with Crippen LogP contribution in [0.25, 0.3) is 16.0 Å². The summed E-state index contributed by atoms with van der Waals surface area (Å²) < 4.78 is 98.4. The number of alkyl halides is 3. The number of allylic oxidation sites excluding steroid dienone is 1. The van der Waals surface area contributed by atoms with Gasteiger partial charge in [0.25, 0.3) is 25.8 Å². The van der Waals surface area contributed by atoms with Crippen molar-refractivity contribution in [2.45, 2.75) is 97.9 Å². The molecule has 4 aromatic rings. The van der Waals surface area contributed by atoms with E-state index in [0.29, 0.717) is 36.4 Å². The van der Waals surface area contributed by atoms with Crippen LogP contribution >= 0.6 is 23.4 Å². The lowest BCUT2D eigenvalue weighted by atomic mass is 9.73. The number of nitrogens with zero attached hydrogens (tertiary/aromatic N) is 6. The molecule has 71 heavy (non-hydrogen) atoms. The lowest BCUT2D eigenvalue weighted by Gasteiger charge is -2.39. The summed E-state index contributed by atoms with van der Waals surface area (Å²) in [5.74, 6) is -0.681. The molecule has 20 heteroatoms. The molecule has 0 aromatic heterocycles. The van der Waals surface area contributed by atoms with E-state index < -0.39 is 52.8 Å². The first-order chi connectivity index (χ1) is 33.7. The highest BCUT2D eigenvalue weighted by Gasteiger charge is 2.48. The molecule has 0 bridgehead atoms. The summed E-state index contributed by atoms with van der Waals surface area (Å²) >= 11 is 7.64. The summed E-state index contributed by atoms with van der Waals surface area (Å²) in [7, 11) is -9.01. The number of carbonyl (C=O) groups is 1. The number of halogens is 4. The van der Waals surface area contributed by atoms with E-state index in [4.69, 9.17) is 17.1 Å². The molecule has 4 aromatic carbocycles. The van der Waals surface area contributed by atoms with E-state index in [1.807, 2.05) is 54.2 Å². The molecule has 1 saturated heterocycles. The topological polar surface area (TPSA) is 168 Å². The first-order valence-electron chi connectivity index (χ1n) is 24.0. The Balaban J connectivity index is 1.10. The van der Waals surface area contributed by atoms with Crippen LogP contribution in [0.1, 0.15) is 87.6 Å². The highest BCUT2D eigenvalue weighted by atomic mass is 35.5. The molecule has 1 atom stereocenters. The highest BCUT2D eigenvalue weighted by molar-refractivity contribution is 7.99. The van der Waals surface area contributed by atoms with Gasteiger partial charge in [0, 0.05) is 77.1 Å². The number of carbonyl (C=O) groups excluding carboxylic acids is 1. The number of azide groups is 1. The zero-order chi connectivity index (χ0) is 51.2. The first-order valence-corrected chi connectivity index (χ1v) is 28.3. The lowest BCUT2D eigenvalue weighted by molar-refractivity contribution is -0.0435. The Bertz CT molecular complexity index is 2720. The van der Waals surface area contributed by atoms with E-state index in [-0.39, 0.29) is 11.0 Å². The van der Waals surface area contributed by atoms with Gasteiger partial charge in [0.15, 0.2) is 0 Å². The lowest BCUT2D eigenvalue weighted by Crippen LogP contribution is -2.47. The summed E-state index contributed by atoms with van der Waals surface area (Å²) in [6.45, 7) is 10.3. The van der Waals surface area contributed by atoms with Crippen LogP contribution in [0.2, 0.25) is 5.02 Å². The Kier molecular flexibility index (Phi) is 19.8. The molecule has 1 unspecified atom stereocenters. The fourth-order valence-electron chi connectivity index (χ4n) is 8.96. The van der Waals surface area contributed by atoms with E-state index in [9.17, 15) is 34.8 Å². The Labute approximate surface area is 426 Å². The molecule has 1 aliphatic heterocycles. The van der Waals surface area contributed by atoms with E-state index in [1.165, 1.54) is 40.6 Å². The summed E-state index contributed by atoms with van der Waals surface area (Å²) in [4.78, 5) is 21.7. The predicted octanol–water partition coefficient (Wildman–Crippen LogP) is 11.7. The van der Waals surface area contributed by atoms with E-state index in [0.717, 1.165) is 113 Å². The third kappa shape index (κ3) is 16.1. The average molecular weight is 1060 g/mol. The van der Waals surface area contributed by atoms with Crippen LogP contribution in [0.3, 0.4) is 0 Å². The van der Waals surface area contributed by atoms with Crippen molar-refractivity contribution in [1.29, 1.82) is 0 Å². The largest absolute Gasteiger partial charge is 0.501 e. The van der Waals surface area contributed by atoms with Gasteiger partial charge in [0.05, 0.1) is 10.6 Å². The zero-order valence-corrected chi connectivity index (χ0v) is 43.7. The maximum Gasteiger partial charge on any atom is 0.501 e. The van der Waals surface area contributed by atoms with Gasteiger partial charge in [-0.2, -0.15) is 13.2 Å². The SMILES string of the molecule is CN(CCCCCCCN=[N+]=[N-])CCC(CSc1ccccc1)Nc1ccc(S(=O)(=O)NC(=O)c2ccc(N3CCN(CC4=C(c5ccc(Cl)cc5)CCC(C)(C)C4)CC3)cc2)cc1S(=O)(=O)C(F)(F)F. The second-order valence-corrected chi connectivity index (χ2v) is 24.2. The van der Waals surface area contributed by atoms with E-state index >= 15 is 0 Å². The molecule has 384 valence electrons. The van der Waals surface area contributed by atoms with Crippen molar-refractivity contribution in [3.8, 4) is 0 Å². The molecule has 2 N–H and O–H groups in total. The van der Waals surface area contributed by atoms with Crippen LogP contribution in [-0.2, 0) is 19.9 Å². The number of piperazine rings is 1. The molecule has 1 heterocycles. The normalized spacial score (nSPS) is 16.1. The van der Waals surface area contributed by atoms with Crippen molar-refractivity contribution >= 4 is 66.1 Å². The number of thioether (sulfide) groups is 1. The number of sulfonamides is 1. The van der Waals surface area contributed by atoms with Crippen LogP contribution in [-0.4, -0.2) is 109 Å². The summed E-state index contributed by atoms with van der Waals surface area (Å²) in [6, 6.07) is 25.7. The number of nitrogens with one attached hydrogen (secondary N) is 2. The number of rotatable bonds is 24. The molecule has 2 aliphatic rings. The molecular formula is C51H64ClF3N8O5S3. The van der Waals surface area contributed by atoms with Gasteiger partial charge >= 0.3 is 5.51 Å². The van der Waals surface area contributed by atoms with Crippen molar-refractivity contribution in [3.63, 3.8) is 0 Å². The number of hydrogen-bond donors (Lipinski definition) is 2. The summed E-state index contributed by atoms with van der Waals surface area (Å²) in [5.41, 5.74) is 7.36. The maximum atomic E-state index is 14.3. The van der Waals surface area contributed by atoms with Gasteiger partial charge in [-0.3, -0.25) is 9.69 Å². The molecule has 0 saturated carbocycles. The number of unbranched alkanes of at least 4 members (excludes halogenated alkanes) is 4. The van der Waals surface area contributed by atoms with Crippen molar-refractivity contribution in [1.82, 2.24) is 14.5 Å². The van der Waals surface area contributed by atoms with Gasteiger partial charge in [-0.15, -0.1) is 11.8 Å². The molecule has 0 radical (unpaired) electrons. The second kappa shape index (κ2) is 25.3. The minimum atomic E-state index is -6.08. The zero-order valence-electron chi connectivity index (χ0n) is 40.5. The third-order valence-corrected chi connectivity index (χ3v) is 17.3. The second-order valence-electron chi connectivity index (χ2n) is 19.1. The predicted molar refractivity (Wildman–Crippen MR) is 279 cm³/mol. The van der Waals surface area contributed by atoms with Gasteiger partial charge in [0.1, 0.15) is 4.90 Å². The quantitative estimate of drug-likeness (QED) is 0.0227. The number of hydrogen-bond acceptors (Lipinski definition) is 11. The molecule has 0 spiro atoms. The Hall–Kier alpha value is -4.75. The van der Waals surface area contributed by atoms with Gasteiger partial charge in [0.2, 0.25) is 0 Å². The summed E-state index contributed by atoms with van der Waals surface area (Å²) in [6.07, 6.45) is 8.18. The Morgan fingerprint density at radius 3 is 2.25 bits per heavy atom. The van der Waals surface area contributed by atoms with Crippen molar-refractivity contribution in [2.75, 3.05) is 75.4 Å². The molecular weight excluding hydrogens is 993 g/mol.